The molecule has 0 aliphatic carbocycles. The summed E-state index contributed by atoms with van der Waals surface area (Å²) < 4.78 is 4.92. The Morgan fingerprint density at radius 3 is 2.85 bits per heavy atom. The fourth-order valence-corrected chi connectivity index (χ4v) is 0.761. The first-order valence-electron chi connectivity index (χ1n) is 4.26. The molecule has 0 aliphatic heterocycles. The fourth-order valence-electron chi connectivity index (χ4n) is 0.761. The average Bonchev–Trinajstić information content (AvgIpc) is 2.14. The van der Waals surface area contributed by atoms with Crippen molar-refractivity contribution in [3.63, 3.8) is 0 Å². The number of hydrogen-bond acceptors (Lipinski definition) is 3. The van der Waals surface area contributed by atoms with E-state index < -0.39 is 0 Å². The minimum absolute atomic E-state index is 0.0693. The second-order valence-electron chi connectivity index (χ2n) is 2.77. The van der Waals surface area contributed by atoms with Gasteiger partial charge in [-0.3, -0.25) is 4.79 Å². The maximum Gasteiger partial charge on any atom is 0.243 e. The molecule has 0 saturated heterocycles. The Bertz CT molecular complexity index is 169. The number of nitrogens with one attached hydrogen (secondary N) is 1. The van der Waals surface area contributed by atoms with Crippen molar-refractivity contribution in [1.29, 1.82) is 0 Å². The number of ether oxygens (including phenoxy) is 1. The lowest BCUT2D eigenvalue weighted by Gasteiger charge is -2.12. The third kappa shape index (κ3) is 7.49. The molecule has 76 valence electrons. The molecule has 0 saturated carbocycles. The molecule has 0 unspecified atom stereocenters. The standard InChI is InChI=1S/C9H18N2O2/c1-10-9(12)5-4-6-11(2)7-8-13-3/h4-5H,6-8H2,1-3H3,(H,10,12)/b5-4+. The molecule has 0 radical (unpaired) electrons. The van der Waals surface area contributed by atoms with Gasteiger partial charge in [-0.25, -0.2) is 0 Å². The quantitative estimate of drug-likeness (QED) is 0.587. The van der Waals surface area contributed by atoms with Crippen LogP contribution in [0.3, 0.4) is 0 Å². The maximum absolute atomic E-state index is 10.8. The Hall–Kier alpha value is -0.870. The summed E-state index contributed by atoms with van der Waals surface area (Å²) in [4.78, 5) is 12.8. The van der Waals surface area contributed by atoms with Crippen LogP contribution in [0, 0.1) is 0 Å². The van der Waals surface area contributed by atoms with Gasteiger partial charge in [0.25, 0.3) is 0 Å². The third-order valence-electron chi connectivity index (χ3n) is 1.61. The number of nitrogens with zero attached hydrogens (tertiary/aromatic N) is 1. The topological polar surface area (TPSA) is 41.6 Å². The molecule has 0 spiro atoms. The maximum atomic E-state index is 10.8. The van der Waals surface area contributed by atoms with Crippen molar-refractivity contribution in [3.05, 3.63) is 12.2 Å². The molecular formula is C9H18N2O2. The van der Waals surface area contributed by atoms with Crippen LogP contribution >= 0.6 is 0 Å². The van der Waals surface area contributed by atoms with Crippen molar-refractivity contribution < 1.29 is 9.53 Å². The van der Waals surface area contributed by atoms with Crippen molar-refractivity contribution in [2.75, 3.05) is 40.9 Å². The van der Waals surface area contributed by atoms with Crippen LogP contribution in [0.15, 0.2) is 12.2 Å². The van der Waals surface area contributed by atoms with E-state index in [2.05, 4.69) is 10.2 Å². The first-order valence-corrected chi connectivity index (χ1v) is 4.26. The molecule has 1 amide bonds. The average molecular weight is 186 g/mol. The van der Waals surface area contributed by atoms with Crippen LogP contribution in [0.1, 0.15) is 0 Å². The highest BCUT2D eigenvalue weighted by atomic mass is 16.5. The van der Waals surface area contributed by atoms with Crippen LogP contribution in [0.4, 0.5) is 0 Å². The lowest BCUT2D eigenvalue weighted by atomic mass is 10.4. The number of hydrogen-bond donors (Lipinski definition) is 1. The van der Waals surface area contributed by atoms with E-state index in [-0.39, 0.29) is 5.91 Å². The summed E-state index contributed by atoms with van der Waals surface area (Å²) in [6.45, 7) is 2.34. The number of rotatable bonds is 6. The third-order valence-corrected chi connectivity index (χ3v) is 1.61. The largest absolute Gasteiger partial charge is 0.383 e. The van der Waals surface area contributed by atoms with E-state index in [0.29, 0.717) is 6.61 Å². The second-order valence-corrected chi connectivity index (χ2v) is 2.77. The van der Waals surface area contributed by atoms with Gasteiger partial charge in [0.2, 0.25) is 5.91 Å². The van der Waals surface area contributed by atoms with Crippen LogP contribution in [-0.2, 0) is 9.53 Å². The molecule has 13 heavy (non-hydrogen) atoms. The summed E-state index contributed by atoms with van der Waals surface area (Å²) in [7, 11) is 5.27. The number of likely N-dealkylation sites (N-methyl/N-ethyl adjacent to an activating group) is 2. The highest BCUT2D eigenvalue weighted by Gasteiger charge is 1.94. The van der Waals surface area contributed by atoms with Crippen molar-refractivity contribution in [1.82, 2.24) is 10.2 Å². The summed E-state index contributed by atoms with van der Waals surface area (Å²) in [5.74, 6) is -0.0693. The summed E-state index contributed by atoms with van der Waals surface area (Å²) in [6, 6.07) is 0. The Kier molecular flexibility index (Phi) is 7.24. The first kappa shape index (κ1) is 12.1. The van der Waals surface area contributed by atoms with Crippen molar-refractivity contribution in [2.24, 2.45) is 0 Å². The Morgan fingerprint density at radius 2 is 2.31 bits per heavy atom. The van der Waals surface area contributed by atoms with Crippen molar-refractivity contribution in [2.45, 2.75) is 0 Å². The molecule has 0 bridgehead atoms. The van der Waals surface area contributed by atoms with E-state index in [1.165, 1.54) is 6.08 Å². The molecular weight excluding hydrogens is 168 g/mol. The van der Waals surface area contributed by atoms with Gasteiger partial charge in [-0.15, -0.1) is 0 Å². The van der Waals surface area contributed by atoms with Crippen LogP contribution in [-0.4, -0.2) is 51.7 Å². The monoisotopic (exact) mass is 186 g/mol. The van der Waals surface area contributed by atoms with Crippen LogP contribution in [0.5, 0.6) is 0 Å². The van der Waals surface area contributed by atoms with E-state index in [1.807, 2.05) is 13.1 Å². The van der Waals surface area contributed by atoms with Crippen molar-refractivity contribution >= 4 is 5.91 Å². The van der Waals surface area contributed by atoms with Crippen LogP contribution in [0.25, 0.3) is 0 Å². The van der Waals surface area contributed by atoms with Gasteiger partial charge >= 0.3 is 0 Å². The van der Waals surface area contributed by atoms with Gasteiger partial charge in [0.05, 0.1) is 6.61 Å². The highest BCUT2D eigenvalue weighted by Crippen LogP contribution is 1.83. The van der Waals surface area contributed by atoms with Gasteiger partial charge in [-0.1, -0.05) is 6.08 Å². The van der Waals surface area contributed by atoms with E-state index in [9.17, 15) is 4.79 Å². The summed E-state index contributed by atoms with van der Waals surface area (Å²) in [6.07, 6.45) is 3.36. The molecule has 0 aliphatic rings. The summed E-state index contributed by atoms with van der Waals surface area (Å²) in [5.41, 5.74) is 0. The predicted molar refractivity (Wildman–Crippen MR) is 52.6 cm³/mol. The minimum atomic E-state index is -0.0693. The minimum Gasteiger partial charge on any atom is -0.383 e. The molecule has 0 atom stereocenters. The molecule has 0 aromatic rings. The van der Waals surface area contributed by atoms with Gasteiger partial charge in [0.1, 0.15) is 0 Å². The number of amides is 1. The molecule has 4 heteroatoms. The molecule has 1 N–H and O–H groups in total. The Labute approximate surface area is 79.6 Å². The lowest BCUT2D eigenvalue weighted by molar-refractivity contribution is -0.116. The molecule has 0 fully saturated rings. The zero-order valence-electron chi connectivity index (χ0n) is 8.54. The Morgan fingerprint density at radius 1 is 1.62 bits per heavy atom. The second kappa shape index (κ2) is 7.76. The van der Waals surface area contributed by atoms with Crippen molar-refractivity contribution in [3.8, 4) is 0 Å². The summed E-state index contributed by atoms with van der Waals surface area (Å²) >= 11 is 0. The van der Waals surface area contributed by atoms with Crippen LogP contribution < -0.4 is 5.32 Å². The Balaban J connectivity index is 3.50. The lowest BCUT2D eigenvalue weighted by Crippen LogP contribution is -2.23. The van der Waals surface area contributed by atoms with E-state index in [1.54, 1.807) is 14.2 Å². The van der Waals surface area contributed by atoms with Crippen LogP contribution in [0.2, 0.25) is 0 Å². The van der Waals surface area contributed by atoms with Gasteiger partial charge in [0, 0.05) is 33.3 Å². The molecule has 0 aromatic heterocycles. The molecule has 0 rings (SSSR count). The van der Waals surface area contributed by atoms with Gasteiger partial charge in [-0.05, 0) is 7.05 Å². The van der Waals surface area contributed by atoms with Gasteiger partial charge in [0.15, 0.2) is 0 Å². The summed E-state index contributed by atoms with van der Waals surface area (Å²) in [5, 5.41) is 2.51. The van der Waals surface area contributed by atoms with Gasteiger partial charge < -0.3 is 15.0 Å². The molecule has 4 nitrogen and oxygen atoms in total. The first-order chi connectivity index (χ1) is 6.20. The zero-order valence-corrected chi connectivity index (χ0v) is 8.54. The zero-order chi connectivity index (χ0) is 10.1. The number of carbonyl (C=O) groups excluding carboxylic acids is 1. The normalized spacial score (nSPS) is 11.1. The van der Waals surface area contributed by atoms with E-state index in [0.717, 1.165) is 13.1 Å². The molecule has 0 heterocycles. The fraction of sp³-hybridized carbons (Fsp3) is 0.667. The number of methoxy groups -OCH3 is 1. The highest BCUT2D eigenvalue weighted by molar-refractivity contribution is 5.87. The van der Waals surface area contributed by atoms with E-state index in [4.69, 9.17) is 4.74 Å². The SMILES string of the molecule is CNC(=O)/C=C/CN(C)CCOC. The van der Waals surface area contributed by atoms with Gasteiger partial charge in [-0.2, -0.15) is 0 Å². The van der Waals surface area contributed by atoms with E-state index >= 15 is 0 Å². The predicted octanol–water partition coefficient (Wildman–Crippen LogP) is -0.133. The smallest absolute Gasteiger partial charge is 0.243 e. The molecule has 0 aromatic carbocycles. The number of carbonyl (C=O) groups is 1.